The van der Waals surface area contributed by atoms with E-state index in [1.54, 1.807) is 6.21 Å². The molecule has 0 aliphatic carbocycles. The van der Waals surface area contributed by atoms with Crippen LogP contribution in [0, 0.1) is 0 Å². The molecule has 0 heterocycles. The van der Waals surface area contributed by atoms with E-state index in [1.807, 2.05) is 72.8 Å². The molecule has 2 amide bonds. The molecule has 0 saturated heterocycles. The van der Waals surface area contributed by atoms with Crippen LogP contribution >= 0.6 is 31.9 Å². The second-order valence-corrected chi connectivity index (χ2v) is 9.02. The Morgan fingerprint density at radius 2 is 1.42 bits per heavy atom. The van der Waals surface area contributed by atoms with Crippen LogP contribution in [0.1, 0.15) is 30.4 Å². The van der Waals surface area contributed by atoms with E-state index in [9.17, 15) is 9.59 Å². The Bertz CT molecular complexity index is 1080. The zero-order valence-corrected chi connectivity index (χ0v) is 20.9. The van der Waals surface area contributed by atoms with Crippen molar-refractivity contribution >= 4 is 55.6 Å². The minimum Gasteiger partial charge on any atom is -0.489 e. The highest BCUT2D eigenvalue weighted by atomic mass is 79.9. The van der Waals surface area contributed by atoms with E-state index in [1.165, 1.54) is 0 Å². The summed E-state index contributed by atoms with van der Waals surface area (Å²) in [5.41, 5.74) is 5.12. The molecule has 0 bridgehead atoms. The number of benzene rings is 3. The van der Waals surface area contributed by atoms with Crippen LogP contribution in [0.3, 0.4) is 0 Å². The van der Waals surface area contributed by atoms with Crippen molar-refractivity contribution in [3.63, 3.8) is 0 Å². The summed E-state index contributed by atoms with van der Waals surface area (Å²) in [4.78, 5) is 23.9. The number of halogens is 2. The first-order valence-electron chi connectivity index (χ1n) is 10.3. The van der Waals surface area contributed by atoms with Gasteiger partial charge in [0.1, 0.15) is 12.4 Å². The lowest BCUT2D eigenvalue weighted by molar-refractivity contribution is -0.121. The minimum absolute atomic E-state index is 0.129. The zero-order valence-electron chi connectivity index (χ0n) is 17.8. The van der Waals surface area contributed by atoms with Gasteiger partial charge in [0.15, 0.2) is 0 Å². The summed E-state index contributed by atoms with van der Waals surface area (Å²) in [6, 6.07) is 22.7. The van der Waals surface area contributed by atoms with Gasteiger partial charge in [0, 0.05) is 27.5 Å². The quantitative estimate of drug-likeness (QED) is 0.229. The number of hydrogen-bond donors (Lipinski definition) is 2. The molecule has 0 saturated carbocycles. The van der Waals surface area contributed by atoms with Crippen LogP contribution in [0.15, 0.2) is 86.8 Å². The number of carbonyl (C=O) groups is 2. The molecular formula is C25H23Br2N3O3. The Labute approximate surface area is 209 Å². The number of rotatable bonds is 10. The Morgan fingerprint density at radius 3 is 2.09 bits per heavy atom. The van der Waals surface area contributed by atoms with Crippen molar-refractivity contribution in [3.8, 4) is 5.75 Å². The van der Waals surface area contributed by atoms with Crippen molar-refractivity contribution < 1.29 is 14.3 Å². The van der Waals surface area contributed by atoms with Crippen molar-refractivity contribution in [2.45, 2.75) is 25.9 Å². The van der Waals surface area contributed by atoms with Gasteiger partial charge in [-0.15, -0.1) is 0 Å². The third-order valence-corrected chi connectivity index (χ3v) is 5.59. The van der Waals surface area contributed by atoms with Crippen molar-refractivity contribution in [1.29, 1.82) is 0 Å². The standard InChI is InChI=1S/C25H23Br2N3O3/c26-20-8-4-19(5-9-20)17-33-23-14-6-18(7-15-23)16-28-30-25(32)3-1-2-24(31)29-22-12-10-21(27)11-13-22/h4-16H,1-3,17H2,(H,29,31)(H,30,32)/b28-16-. The molecule has 6 nitrogen and oxygen atoms in total. The van der Waals surface area contributed by atoms with Gasteiger partial charge in [-0.25, -0.2) is 5.43 Å². The molecule has 0 aliphatic heterocycles. The number of nitrogens with zero attached hydrogens (tertiary/aromatic N) is 1. The van der Waals surface area contributed by atoms with E-state index in [4.69, 9.17) is 4.74 Å². The largest absolute Gasteiger partial charge is 0.489 e. The maximum absolute atomic E-state index is 11.9. The Hall–Kier alpha value is -2.97. The topological polar surface area (TPSA) is 79.8 Å². The van der Waals surface area contributed by atoms with E-state index in [0.717, 1.165) is 31.5 Å². The summed E-state index contributed by atoms with van der Waals surface area (Å²) in [5.74, 6) is 0.383. The highest BCUT2D eigenvalue weighted by Gasteiger charge is 2.05. The molecule has 3 aromatic carbocycles. The Kier molecular flexibility index (Phi) is 9.65. The normalized spacial score (nSPS) is 10.7. The smallest absolute Gasteiger partial charge is 0.240 e. The van der Waals surface area contributed by atoms with Crippen LogP contribution in [0.25, 0.3) is 0 Å². The minimum atomic E-state index is -0.239. The van der Waals surface area contributed by atoms with Crippen molar-refractivity contribution in [3.05, 3.63) is 92.9 Å². The van der Waals surface area contributed by atoms with E-state index < -0.39 is 0 Å². The predicted octanol–water partition coefficient (Wildman–Crippen LogP) is 6.05. The molecule has 0 atom stereocenters. The molecule has 170 valence electrons. The SMILES string of the molecule is O=C(CCCC(=O)Nc1ccc(Br)cc1)N/N=C\c1ccc(OCc2ccc(Br)cc2)cc1. The molecule has 0 spiro atoms. The first-order chi connectivity index (χ1) is 16.0. The fraction of sp³-hybridized carbons (Fsp3) is 0.160. The second kappa shape index (κ2) is 12.9. The molecule has 33 heavy (non-hydrogen) atoms. The lowest BCUT2D eigenvalue weighted by Gasteiger charge is -2.06. The summed E-state index contributed by atoms with van der Waals surface area (Å²) >= 11 is 6.76. The highest BCUT2D eigenvalue weighted by molar-refractivity contribution is 9.10. The van der Waals surface area contributed by atoms with E-state index in [2.05, 4.69) is 47.7 Å². The fourth-order valence-electron chi connectivity index (χ4n) is 2.80. The average Bonchev–Trinajstić information content (AvgIpc) is 2.81. The molecule has 0 radical (unpaired) electrons. The average molecular weight is 573 g/mol. The number of hydrogen-bond acceptors (Lipinski definition) is 4. The predicted molar refractivity (Wildman–Crippen MR) is 137 cm³/mol. The molecular weight excluding hydrogens is 550 g/mol. The van der Waals surface area contributed by atoms with Crippen LogP contribution in [-0.2, 0) is 16.2 Å². The number of amides is 2. The molecule has 0 unspecified atom stereocenters. The molecule has 2 N–H and O–H groups in total. The molecule has 8 heteroatoms. The highest BCUT2D eigenvalue weighted by Crippen LogP contribution is 2.16. The Balaban J connectivity index is 1.33. The third kappa shape index (κ3) is 9.19. The maximum atomic E-state index is 11.9. The molecule has 0 fully saturated rings. The van der Waals surface area contributed by atoms with Crippen LogP contribution in [0.5, 0.6) is 5.75 Å². The van der Waals surface area contributed by atoms with Crippen LogP contribution in [-0.4, -0.2) is 18.0 Å². The van der Waals surface area contributed by atoms with Gasteiger partial charge in [0.25, 0.3) is 0 Å². The Morgan fingerprint density at radius 1 is 0.818 bits per heavy atom. The lowest BCUT2D eigenvalue weighted by atomic mass is 10.2. The summed E-state index contributed by atoms with van der Waals surface area (Å²) in [7, 11) is 0. The van der Waals surface area contributed by atoms with Crippen molar-refractivity contribution in [2.75, 3.05) is 5.32 Å². The summed E-state index contributed by atoms with van der Waals surface area (Å²) in [6.07, 6.45) is 2.48. The first-order valence-corrected chi connectivity index (χ1v) is 11.9. The third-order valence-electron chi connectivity index (χ3n) is 4.54. The zero-order chi connectivity index (χ0) is 23.5. The van der Waals surface area contributed by atoms with Gasteiger partial charge in [-0.3, -0.25) is 9.59 Å². The van der Waals surface area contributed by atoms with Gasteiger partial charge in [-0.2, -0.15) is 5.10 Å². The lowest BCUT2D eigenvalue weighted by Crippen LogP contribution is -2.18. The summed E-state index contributed by atoms with van der Waals surface area (Å²) in [5, 5.41) is 6.77. The summed E-state index contributed by atoms with van der Waals surface area (Å²) in [6.45, 7) is 0.484. The number of carbonyl (C=O) groups excluding carboxylic acids is 2. The van der Waals surface area contributed by atoms with Gasteiger partial charge in [0.05, 0.1) is 6.21 Å². The van der Waals surface area contributed by atoms with Gasteiger partial charge < -0.3 is 10.1 Å². The van der Waals surface area contributed by atoms with Gasteiger partial charge in [-0.05, 0) is 78.2 Å². The van der Waals surface area contributed by atoms with Crippen LogP contribution < -0.4 is 15.5 Å². The molecule has 3 rings (SSSR count). The number of ether oxygens (including phenoxy) is 1. The van der Waals surface area contributed by atoms with Crippen LogP contribution in [0.2, 0.25) is 0 Å². The number of hydrazone groups is 1. The second-order valence-electron chi connectivity index (χ2n) is 7.19. The molecule has 0 aliphatic rings. The van der Waals surface area contributed by atoms with Gasteiger partial charge in [-0.1, -0.05) is 44.0 Å². The van der Waals surface area contributed by atoms with Crippen molar-refractivity contribution in [1.82, 2.24) is 5.43 Å². The van der Waals surface area contributed by atoms with E-state index in [0.29, 0.717) is 13.0 Å². The number of anilines is 1. The maximum Gasteiger partial charge on any atom is 0.240 e. The van der Waals surface area contributed by atoms with E-state index in [-0.39, 0.29) is 24.7 Å². The monoisotopic (exact) mass is 571 g/mol. The fourth-order valence-corrected chi connectivity index (χ4v) is 3.33. The first kappa shape index (κ1) is 24.7. The molecule has 3 aromatic rings. The van der Waals surface area contributed by atoms with Crippen molar-refractivity contribution in [2.24, 2.45) is 5.10 Å². The molecule has 0 aromatic heterocycles. The van der Waals surface area contributed by atoms with Gasteiger partial charge >= 0.3 is 0 Å². The van der Waals surface area contributed by atoms with Crippen LogP contribution in [0.4, 0.5) is 5.69 Å². The number of nitrogens with one attached hydrogen (secondary N) is 2. The summed E-state index contributed by atoms with van der Waals surface area (Å²) < 4.78 is 7.75. The van der Waals surface area contributed by atoms with Gasteiger partial charge in [0.2, 0.25) is 11.8 Å². The van der Waals surface area contributed by atoms with E-state index >= 15 is 0 Å².